The molecular formula is C12H13F2N3O2S2. The molecule has 3 N–H and O–H groups in total. The number of nitrogens with two attached hydrogens (primary N) is 1. The summed E-state index contributed by atoms with van der Waals surface area (Å²) in [6.45, 7) is 3.15. The monoisotopic (exact) mass is 333 g/mol. The molecule has 0 amide bonds. The number of rotatable bonds is 4. The van der Waals surface area contributed by atoms with E-state index in [-0.39, 0.29) is 5.69 Å². The Morgan fingerprint density at radius 2 is 2.00 bits per heavy atom. The van der Waals surface area contributed by atoms with Crippen LogP contribution in [-0.4, -0.2) is 13.4 Å². The Balaban J connectivity index is 2.44. The summed E-state index contributed by atoms with van der Waals surface area (Å²) >= 11 is 1.25. The number of hydrogen-bond donors (Lipinski definition) is 2. The molecule has 5 nitrogen and oxygen atoms in total. The van der Waals surface area contributed by atoms with Crippen molar-refractivity contribution in [1.82, 2.24) is 9.71 Å². The Hall–Kier alpha value is -1.58. The van der Waals surface area contributed by atoms with Crippen molar-refractivity contribution in [2.75, 3.05) is 5.73 Å². The fourth-order valence-electron chi connectivity index (χ4n) is 1.75. The van der Waals surface area contributed by atoms with Gasteiger partial charge in [0.05, 0.1) is 5.54 Å². The zero-order chi connectivity index (χ0) is 15.8. The molecule has 9 heteroatoms. The number of thiazole rings is 1. The Morgan fingerprint density at radius 3 is 2.57 bits per heavy atom. The minimum atomic E-state index is -4.30. The number of benzene rings is 1. The van der Waals surface area contributed by atoms with E-state index in [2.05, 4.69) is 9.71 Å². The number of halogens is 2. The van der Waals surface area contributed by atoms with Gasteiger partial charge in [-0.1, -0.05) is 0 Å². The molecule has 0 aliphatic rings. The van der Waals surface area contributed by atoms with E-state index in [9.17, 15) is 17.2 Å². The molecule has 0 spiro atoms. The maximum atomic E-state index is 13.7. The Labute approximate surface area is 124 Å². The van der Waals surface area contributed by atoms with E-state index in [0.29, 0.717) is 5.01 Å². The van der Waals surface area contributed by atoms with Crippen molar-refractivity contribution in [2.45, 2.75) is 24.3 Å². The summed E-state index contributed by atoms with van der Waals surface area (Å²) in [4.78, 5) is 3.19. The lowest BCUT2D eigenvalue weighted by molar-refractivity contribution is 0.456. The van der Waals surface area contributed by atoms with E-state index in [1.165, 1.54) is 17.5 Å². The van der Waals surface area contributed by atoms with E-state index >= 15 is 0 Å². The second-order valence-corrected chi connectivity index (χ2v) is 7.43. The van der Waals surface area contributed by atoms with E-state index in [4.69, 9.17) is 5.73 Å². The minimum absolute atomic E-state index is 0.179. The molecule has 1 aromatic carbocycles. The van der Waals surface area contributed by atoms with Crippen LogP contribution in [0.5, 0.6) is 0 Å². The molecule has 114 valence electrons. The first-order valence-electron chi connectivity index (χ1n) is 5.82. The fraction of sp³-hybridized carbons (Fsp3) is 0.250. The zero-order valence-electron chi connectivity index (χ0n) is 11.2. The molecule has 0 saturated carbocycles. The van der Waals surface area contributed by atoms with Gasteiger partial charge in [-0.3, -0.25) is 0 Å². The SMILES string of the molecule is CC(C)(NS(=O)(=O)c1cc(N)cc(F)c1F)c1nccs1. The van der Waals surface area contributed by atoms with Crippen molar-refractivity contribution in [3.63, 3.8) is 0 Å². The van der Waals surface area contributed by atoms with Gasteiger partial charge in [0, 0.05) is 17.3 Å². The summed E-state index contributed by atoms with van der Waals surface area (Å²) in [6.07, 6.45) is 1.52. The standard InChI is InChI=1S/C12H13F2N3O2S2/c1-12(2,11-16-3-4-20-11)17-21(18,19)9-6-7(15)5-8(13)10(9)14/h3-6,17H,15H2,1-2H3. The molecular weight excluding hydrogens is 320 g/mol. The van der Waals surface area contributed by atoms with Crippen LogP contribution in [0.1, 0.15) is 18.9 Å². The number of nitrogens with zero attached hydrogens (tertiary/aromatic N) is 1. The Kier molecular flexibility index (Phi) is 4.00. The Bertz CT molecular complexity index is 759. The molecule has 0 saturated heterocycles. The number of nitrogens with one attached hydrogen (secondary N) is 1. The van der Waals surface area contributed by atoms with Gasteiger partial charge in [0.2, 0.25) is 10.0 Å². The molecule has 0 unspecified atom stereocenters. The highest BCUT2D eigenvalue weighted by Gasteiger charge is 2.32. The van der Waals surface area contributed by atoms with Crippen LogP contribution in [0, 0.1) is 11.6 Å². The molecule has 0 bridgehead atoms. The average molecular weight is 333 g/mol. The van der Waals surface area contributed by atoms with Crippen LogP contribution < -0.4 is 10.5 Å². The van der Waals surface area contributed by atoms with Crippen LogP contribution >= 0.6 is 11.3 Å². The van der Waals surface area contributed by atoms with Crippen molar-refractivity contribution < 1.29 is 17.2 Å². The van der Waals surface area contributed by atoms with Gasteiger partial charge in [-0.2, -0.15) is 4.72 Å². The van der Waals surface area contributed by atoms with Crippen LogP contribution in [0.3, 0.4) is 0 Å². The quantitative estimate of drug-likeness (QED) is 0.840. The topological polar surface area (TPSA) is 85.1 Å². The predicted molar refractivity (Wildman–Crippen MR) is 76.2 cm³/mol. The second kappa shape index (κ2) is 5.32. The third-order valence-electron chi connectivity index (χ3n) is 2.66. The zero-order valence-corrected chi connectivity index (χ0v) is 12.9. The molecule has 1 aromatic heterocycles. The van der Waals surface area contributed by atoms with Crippen molar-refractivity contribution in [3.8, 4) is 0 Å². The molecule has 0 radical (unpaired) electrons. The highest BCUT2D eigenvalue weighted by molar-refractivity contribution is 7.89. The largest absolute Gasteiger partial charge is 0.399 e. The molecule has 0 aliphatic carbocycles. The summed E-state index contributed by atoms with van der Waals surface area (Å²) in [7, 11) is -4.30. The first-order chi connectivity index (χ1) is 9.63. The number of hydrogen-bond acceptors (Lipinski definition) is 5. The summed E-state index contributed by atoms with van der Waals surface area (Å²) in [5, 5.41) is 2.18. The normalized spacial score (nSPS) is 12.6. The van der Waals surface area contributed by atoms with Crippen molar-refractivity contribution in [1.29, 1.82) is 0 Å². The van der Waals surface area contributed by atoms with Gasteiger partial charge < -0.3 is 5.73 Å². The van der Waals surface area contributed by atoms with Gasteiger partial charge in [-0.15, -0.1) is 11.3 Å². The first kappa shape index (κ1) is 15.8. The van der Waals surface area contributed by atoms with Crippen molar-refractivity contribution in [2.24, 2.45) is 0 Å². The predicted octanol–water partition coefficient (Wildman–Crippen LogP) is 2.22. The van der Waals surface area contributed by atoms with Crippen LogP contribution in [-0.2, 0) is 15.6 Å². The van der Waals surface area contributed by atoms with Gasteiger partial charge in [0.15, 0.2) is 11.6 Å². The molecule has 2 aromatic rings. The van der Waals surface area contributed by atoms with Gasteiger partial charge in [-0.25, -0.2) is 22.2 Å². The Morgan fingerprint density at radius 1 is 1.33 bits per heavy atom. The smallest absolute Gasteiger partial charge is 0.244 e. The van der Waals surface area contributed by atoms with Gasteiger partial charge in [0.1, 0.15) is 9.90 Å². The van der Waals surface area contributed by atoms with E-state index in [1.807, 2.05) is 0 Å². The highest BCUT2D eigenvalue weighted by Crippen LogP contribution is 2.27. The molecule has 2 rings (SSSR count). The lowest BCUT2D eigenvalue weighted by Gasteiger charge is -2.23. The third-order valence-corrected chi connectivity index (χ3v) is 5.42. The van der Waals surface area contributed by atoms with E-state index in [1.54, 1.807) is 19.2 Å². The number of anilines is 1. The molecule has 0 atom stereocenters. The van der Waals surface area contributed by atoms with Crippen molar-refractivity contribution in [3.05, 3.63) is 40.4 Å². The summed E-state index contributed by atoms with van der Waals surface area (Å²) in [6, 6.07) is 1.60. The van der Waals surface area contributed by atoms with E-state index in [0.717, 1.165) is 12.1 Å². The van der Waals surface area contributed by atoms with Crippen LogP contribution in [0.25, 0.3) is 0 Å². The van der Waals surface area contributed by atoms with Gasteiger partial charge in [0.25, 0.3) is 0 Å². The second-order valence-electron chi connectivity index (χ2n) is 4.88. The number of aromatic nitrogens is 1. The number of nitrogen functional groups attached to an aromatic ring is 1. The van der Waals surface area contributed by atoms with Gasteiger partial charge in [-0.05, 0) is 26.0 Å². The molecule has 21 heavy (non-hydrogen) atoms. The lowest BCUT2D eigenvalue weighted by atomic mass is 10.1. The third kappa shape index (κ3) is 3.20. The molecule has 0 fully saturated rings. The fourth-order valence-corrected chi connectivity index (χ4v) is 4.03. The lowest BCUT2D eigenvalue weighted by Crippen LogP contribution is -2.41. The highest BCUT2D eigenvalue weighted by atomic mass is 32.2. The van der Waals surface area contributed by atoms with Gasteiger partial charge >= 0.3 is 0 Å². The van der Waals surface area contributed by atoms with Crippen molar-refractivity contribution >= 4 is 27.0 Å². The van der Waals surface area contributed by atoms with Crippen LogP contribution in [0.15, 0.2) is 28.6 Å². The summed E-state index contributed by atoms with van der Waals surface area (Å²) in [5.41, 5.74) is 4.13. The summed E-state index contributed by atoms with van der Waals surface area (Å²) in [5.74, 6) is -2.78. The molecule has 0 aliphatic heterocycles. The minimum Gasteiger partial charge on any atom is -0.399 e. The average Bonchev–Trinajstić information content (AvgIpc) is 2.86. The molecule has 1 heterocycles. The first-order valence-corrected chi connectivity index (χ1v) is 8.18. The number of sulfonamides is 1. The van der Waals surface area contributed by atoms with E-state index < -0.39 is 32.1 Å². The van der Waals surface area contributed by atoms with Crippen LogP contribution in [0.4, 0.5) is 14.5 Å². The maximum absolute atomic E-state index is 13.7. The maximum Gasteiger partial charge on any atom is 0.244 e. The van der Waals surface area contributed by atoms with Crippen LogP contribution in [0.2, 0.25) is 0 Å². The summed E-state index contributed by atoms with van der Waals surface area (Å²) < 4.78 is 53.9.